The molecule has 0 bridgehead atoms. The van der Waals surface area contributed by atoms with Gasteiger partial charge in [0.1, 0.15) is 11.8 Å². The molecule has 0 aliphatic carbocycles. The van der Waals surface area contributed by atoms with E-state index in [1.54, 1.807) is 7.11 Å². The van der Waals surface area contributed by atoms with E-state index in [2.05, 4.69) is 25.2 Å². The number of benzene rings is 2. The fourth-order valence-electron chi connectivity index (χ4n) is 3.14. The molecule has 2 unspecified atom stereocenters. The first-order chi connectivity index (χ1) is 13.7. The largest absolute Gasteiger partial charge is 0.497 e. The number of nitrogens with two attached hydrogens (primary N) is 2. The second-order valence-corrected chi connectivity index (χ2v) is 7.67. The molecule has 0 saturated heterocycles. The summed E-state index contributed by atoms with van der Waals surface area (Å²) in [5.74, 6) is 0.174. The molecule has 2 rings (SSSR count). The van der Waals surface area contributed by atoms with Crippen LogP contribution in [0.5, 0.6) is 5.75 Å². The smallest absolute Gasteiger partial charge is 0.240 e. The highest BCUT2D eigenvalue weighted by Gasteiger charge is 2.23. The number of ether oxygens (including phenoxy) is 1. The molecule has 156 valence electrons. The number of hydrogen-bond acceptors (Lipinski definition) is 4. The first-order valence-electron chi connectivity index (χ1n) is 9.79. The molecule has 2 amide bonds. The first-order valence-corrected chi connectivity index (χ1v) is 9.79. The molecule has 29 heavy (non-hydrogen) atoms. The number of nitrogens with one attached hydrogen (secondary N) is 1. The number of rotatable bonds is 9. The highest BCUT2D eigenvalue weighted by atomic mass is 16.5. The van der Waals surface area contributed by atoms with Crippen molar-refractivity contribution in [1.82, 2.24) is 5.32 Å². The van der Waals surface area contributed by atoms with Crippen LogP contribution in [0.2, 0.25) is 0 Å². The number of carbonyl (C=O) groups is 2. The minimum atomic E-state index is -0.812. The number of methoxy groups -OCH3 is 1. The van der Waals surface area contributed by atoms with Gasteiger partial charge in [-0.2, -0.15) is 0 Å². The maximum atomic E-state index is 12.5. The summed E-state index contributed by atoms with van der Waals surface area (Å²) < 4.78 is 5.13. The van der Waals surface area contributed by atoms with E-state index in [1.165, 1.54) is 5.56 Å². The number of carbonyl (C=O) groups excluding carboxylic acids is 2. The Morgan fingerprint density at radius 1 is 1.07 bits per heavy atom. The van der Waals surface area contributed by atoms with E-state index >= 15 is 0 Å². The van der Waals surface area contributed by atoms with Crippen molar-refractivity contribution in [1.29, 1.82) is 0 Å². The molecule has 0 radical (unpaired) electrons. The van der Waals surface area contributed by atoms with Gasteiger partial charge in [-0.05, 0) is 53.6 Å². The first kappa shape index (κ1) is 22.4. The third-order valence-electron chi connectivity index (χ3n) is 5.07. The van der Waals surface area contributed by atoms with Crippen molar-refractivity contribution < 1.29 is 14.3 Å². The molecule has 2 aromatic rings. The highest BCUT2D eigenvalue weighted by molar-refractivity contribution is 5.89. The van der Waals surface area contributed by atoms with Gasteiger partial charge in [-0.15, -0.1) is 0 Å². The normalized spacial score (nSPS) is 13.0. The van der Waals surface area contributed by atoms with E-state index < -0.39 is 23.9 Å². The van der Waals surface area contributed by atoms with Crippen LogP contribution in [0.15, 0.2) is 42.5 Å². The topological polar surface area (TPSA) is 107 Å². The van der Waals surface area contributed by atoms with Gasteiger partial charge in [-0.25, -0.2) is 0 Å². The van der Waals surface area contributed by atoms with Crippen molar-refractivity contribution in [2.24, 2.45) is 11.5 Å². The molecule has 2 atom stereocenters. The van der Waals surface area contributed by atoms with Crippen molar-refractivity contribution in [3.63, 3.8) is 0 Å². The molecule has 0 spiro atoms. The van der Waals surface area contributed by atoms with E-state index in [0.29, 0.717) is 18.8 Å². The Morgan fingerprint density at radius 3 is 2.24 bits per heavy atom. The molecule has 0 aliphatic heterocycles. The Balaban J connectivity index is 2.03. The Bertz CT molecular complexity index is 847. The summed E-state index contributed by atoms with van der Waals surface area (Å²) in [5, 5.41) is 2.71. The summed E-state index contributed by atoms with van der Waals surface area (Å²) in [6.45, 7) is 6.26. The maximum absolute atomic E-state index is 12.5. The third-order valence-corrected chi connectivity index (χ3v) is 5.07. The van der Waals surface area contributed by atoms with Crippen LogP contribution >= 0.6 is 0 Å². The van der Waals surface area contributed by atoms with Gasteiger partial charge in [0.2, 0.25) is 11.8 Å². The molecule has 6 heteroatoms. The van der Waals surface area contributed by atoms with Gasteiger partial charge in [-0.1, -0.05) is 44.2 Å². The molecule has 0 heterocycles. The van der Waals surface area contributed by atoms with Crippen LogP contribution in [0, 0.1) is 6.92 Å². The number of aryl methyl sites for hydroxylation is 1. The summed E-state index contributed by atoms with van der Waals surface area (Å²) in [5.41, 5.74) is 15.8. The average Bonchev–Trinajstić information content (AvgIpc) is 2.68. The number of amides is 2. The molecule has 2 aromatic carbocycles. The summed E-state index contributed by atoms with van der Waals surface area (Å²) >= 11 is 0. The van der Waals surface area contributed by atoms with E-state index in [-0.39, 0.29) is 0 Å². The molecule has 0 fully saturated rings. The Hall–Kier alpha value is -2.86. The van der Waals surface area contributed by atoms with Crippen LogP contribution in [0.1, 0.15) is 42.0 Å². The lowest BCUT2D eigenvalue weighted by atomic mass is 9.94. The number of hydrogen-bond donors (Lipinski definition) is 3. The van der Waals surface area contributed by atoms with E-state index in [9.17, 15) is 9.59 Å². The van der Waals surface area contributed by atoms with Crippen LogP contribution < -0.4 is 21.5 Å². The predicted octanol–water partition coefficient (Wildman–Crippen LogP) is 2.21. The number of primary amides is 1. The molecule has 0 saturated carbocycles. The zero-order valence-electron chi connectivity index (χ0n) is 17.6. The van der Waals surface area contributed by atoms with Crippen molar-refractivity contribution >= 4 is 11.8 Å². The lowest BCUT2D eigenvalue weighted by molar-refractivity contribution is -0.128. The van der Waals surface area contributed by atoms with Crippen molar-refractivity contribution in [3.05, 3.63) is 64.7 Å². The van der Waals surface area contributed by atoms with Crippen molar-refractivity contribution in [2.75, 3.05) is 7.11 Å². The minimum absolute atomic E-state index is 0.334. The Labute approximate surface area is 172 Å². The SMILES string of the molecule is COc1ccc(CC(N)C(=O)NC(Cc2ccc(C(C)C)cc2C)C(N)=O)cc1. The minimum Gasteiger partial charge on any atom is -0.497 e. The van der Waals surface area contributed by atoms with Gasteiger partial charge in [0, 0.05) is 6.42 Å². The summed E-state index contributed by atoms with van der Waals surface area (Å²) in [6.07, 6.45) is 0.684. The standard InChI is InChI=1S/C23H31N3O3/c1-14(2)17-7-8-18(15(3)11-17)13-21(22(25)27)26-23(28)20(24)12-16-5-9-19(29-4)10-6-16/h5-11,14,20-21H,12-13,24H2,1-4H3,(H2,25,27)(H,26,28). The average molecular weight is 398 g/mol. The second kappa shape index (κ2) is 10.1. The van der Waals surface area contributed by atoms with Crippen LogP contribution in [-0.2, 0) is 22.4 Å². The molecule has 0 aromatic heterocycles. The van der Waals surface area contributed by atoms with Gasteiger partial charge in [0.25, 0.3) is 0 Å². The summed E-state index contributed by atoms with van der Waals surface area (Å²) in [7, 11) is 1.59. The molecular weight excluding hydrogens is 366 g/mol. The van der Waals surface area contributed by atoms with E-state index in [4.69, 9.17) is 16.2 Å². The molecular formula is C23H31N3O3. The van der Waals surface area contributed by atoms with E-state index in [1.807, 2.05) is 43.3 Å². The van der Waals surface area contributed by atoms with Crippen LogP contribution in [-0.4, -0.2) is 31.0 Å². The zero-order chi connectivity index (χ0) is 21.6. The van der Waals surface area contributed by atoms with Gasteiger partial charge < -0.3 is 21.5 Å². The lowest BCUT2D eigenvalue weighted by Gasteiger charge is -2.20. The third kappa shape index (κ3) is 6.32. The second-order valence-electron chi connectivity index (χ2n) is 7.67. The van der Waals surface area contributed by atoms with Crippen LogP contribution in [0.25, 0.3) is 0 Å². The fourth-order valence-corrected chi connectivity index (χ4v) is 3.14. The quantitative estimate of drug-likeness (QED) is 0.603. The van der Waals surface area contributed by atoms with Gasteiger partial charge in [0.05, 0.1) is 13.2 Å². The Morgan fingerprint density at radius 2 is 1.72 bits per heavy atom. The predicted molar refractivity (Wildman–Crippen MR) is 115 cm³/mol. The van der Waals surface area contributed by atoms with Gasteiger partial charge >= 0.3 is 0 Å². The lowest BCUT2D eigenvalue weighted by Crippen LogP contribution is -2.52. The highest BCUT2D eigenvalue weighted by Crippen LogP contribution is 2.19. The fraction of sp³-hybridized carbons (Fsp3) is 0.391. The van der Waals surface area contributed by atoms with Crippen LogP contribution in [0.4, 0.5) is 0 Å². The van der Waals surface area contributed by atoms with Crippen LogP contribution in [0.3, 0.4) is 0 Å². The molecule has 0 aliphatic rings. The molecule has 6 nitrogen and oxygen atoms in total. The van der Waals surface area contributed by atoms with Crippen molar-refractivity contribution in [2.45, 2.75) is 51.6 Å². The van der Waals surface area contributed by atoms with Gasteiger partial charge in [0.15, 0.2) is 0 Å². The summed E-state index contributed by atoms with van der Waals surface area (Å²) in [4.78, 5) is 24.5. The summed E-state index contributed by atoms with van der Waals surface area (Å²) in [6, 6.07) is 11.9. The van der Waals surface area contributed by atoms with Gasteiger partial charge in [-0.3, -0.25) is 9.59 Å². The maximum Gasteiger partial charge on any atom is 0.240 e. The van der Waals surface area contributed by atoms with E-state index in [0.717, 1.165) is 22.4 Å². The van der Waals surface area contributed by atoms with Crippen molar-refractivity contribution in [3.8, 4) is 5.75 Å². The molecule has 5 N–H and O–H groups in total. The zero-order valence-corrected chi connectivity index (χ0v) is 17.6. The Kier molecular flexibility index (Phi) is 7.79. The monoisotopic (exact) mass is 397 g/mol.